The van der Waals surface area contributed by atoms with Gasteiger partial charge >= 0.3 is 11.9 Å². The summed E-state index contributed by atoms with van der Waals surface area (Å²) in [6.07, 6.45) is -1.15. The van der Waals surface area contributed by atoms with Crippen molar-refractivity contribution in [2.75, 3.05) is 13.2 Å². The Balaban J connectivity index is 2.22. The summed E-state index contributed by atoms with van der Waals surface area (Å²) in [5, 5.41) is 0.364. The number of halogens is 3. The summed E-state index contributed by atoms with van der Waals surface area (Å²) in [5.41, 5.74) is -4.05. The fourth-order valence-electron chi connectivity index (χ4n) is 2.82. The van der Waals surface area contributed by atoms with Gasteiger partial charge in [0, 0.05) is 19.0 Å². The highest BCUT2D eigenvalue weighted by Crippen LogP contribution is 2.32. The van der Waals surface area contributed by atoms with Crippen molar-refractivity contribution in [2.24, 2.45) is 5.92 Å². The van der Waals surface area contributed by atoms with Gasteiger partial charge < -0.3 is 14.2 Å². The Bertz CT molecular complexity index is 887. The summed E-state index contributed by atoms with van der Waals surface area (Å²) >= 11 is 5.14. The number of hydrogen-bond acceptors (Lipinski definition) is 6. The van der Waals surface area contributed by atoms with Gasteiger partial charge in [0.15, 0.2) is 5.05 Å². The van der Waals surface area contributed by atoms with Crippen LogP contribution in [-0.2, 0) is 20.4 Å². The van der Waals surface area contributed by atoms with Crippen molar-refractivity contribution >= 4 is 17.3 Å². The standard InChI is InChI=1S/C18H21F3N2O5S/c1-4-5-26-12-7-14(28-13(12)9-27-15(29)6-10(2)3)23-8-11(18(19,20)21)16(24)22-17(23)25/h1,8,10,12-14H,5-7,9H2,2-3H3,(H,22,24,25)/t12-,13+,14+/m0/s1. The third kappa shape index (κ3) is 6.16. The molecule has 0 saturated carbocycles. The number of H-pyrrole nitrogens is 1. The molecule has 0 spiro atoms. The minimum atomic E-state index is -4.92. The molecule has 160 valence electrons. The van der Waals surface area contributed by atoms with Crippen LogP contribution in [0.25, 0.3) is 0 Å². The second kappa shape index (κ2) is 9.56. The predicted molar refractivity (Wildman–Crippen MR) is 101 cm³/mol. The lowest BCUT2D eigenvalue weighted by atomic mass is 10.1. The van der Waals surface area contributed by atoms with Gasteiger partial charge in [0.2, 0.25) is 0 Å². The van der Waals surface area contributed by atoms with Crippen molar-refractivity contribution in [3.63, 3.8) is 0 Å². The smallest absolute Gasteiger partial charge is 0.423 e. The zero-order chi connectivity index (χ0) is 21.8. The van der Waals surface area contributed by atoms with Crippen LogP contribution in [0.1, 0.15) is 38.5 Å². The minimum absolute atomic E-state index is 0.0124. The highest BCUT2D eigenvalue weighted by molar-refractivity contribution is 7.80. The highest BCUT2D eigenvalue weighted by Gasteiger charge is 2.40. The number of terminal acetylenes is 1. The molecule has 7 nitrogen and oxygen atoms in total. The van der Waals surface area contributed by atoms with Crippen molar-refractivity contribution in [3.8, 4) is 12.3 Å². The van der Waals surface area contributed by atoms with Gasteiger partial charge in [-0.25, -0.2) is 4.79 Å². The summed E-state index contributed by atoms with van der Waals surface area (Å²) < 4.78 is 56.5. The van der Waals surface area contributed by atoms with Crippen LogP contribution in [0.3, 0.4) is 0 Å². The molecule has 0 aliphatic carbocycles. The van der Waals surface area contributed by atoms with Gasteiger partial charge in [-0.2, -0.15) is 13.2 Å². The fraction of sp³-hybridized carbons (Fsp3) is 0.611. The zero-order valence-electron chi connectivity index (χ0n) is 15.8. The van der Waals surface area contributed by atoms with Gasteiger partial charge in [-0.05, 0) is 18.1 Å². The Hall–Kier alpha value is -2.16. The third-order valence-electron chi connectivity index (χ3n) is 4.13. The van der Waals surface area contributed by atoms with Gasteiger partial charge in [-0.3, -0.25) is 14.3 Å². The van der Waals surface area contributed by atoms with E-state index in [4.69, 9.17) is 32.9 Å². The number of nitrogens with zero attached hydrogens (tertiary/aromatic N) is 1. The van der Waals surface area contributed by atoms with E-state index in [1.807, 2.05) is 13.8 Å². The second-order valence-corrected chi connectivity index (χ2v) is 7.36. The summed E-state index contributed by atoms with van der Waals surface area (Å²) in [6.45, 7) is 3.87. The first-order valence-electron chi connectivity index (χ1n) is 8.81. The van der Waals surface area contributed by atoms with E-state index < -0.39 is 41.4 Å². The van der Waals surface area contributed by atoms with Crippen molar-refractivity contribution in [1.29, 1.82) is 0 Å². The molecule has 0 radical (unpaired) electrons. The molecule has 11 heteroatoms. The van der Waals surface area contributed by atoms with Gasteiger partial charge in [0.05, 0.1) is 6.10 Å². The first-order chi connectivity index (χ1) is 13.5. The third-order valence-corrected chi connectivity index (χ3v) is 4.41. The predicted octanol–water partition coefficient (Wildman–Crippen LogP) is 2.25. The Morgan fingerprint density at radius 3 is 2.76 bits per heavy atom. The number of alkyl halides is 3. The maximum atomic E-state index is 13.0. The molecule has 1 fully saturated rings. The van der Waals surface area contributed by atoms with Crippen LogP contribution in [0.15, 0.2) is 15.8 Å². The van der Waals surface area contributed by atoms with Crippen LogP contribution in [0, 0.1) is 18.3 Å². The number of hydrogen-bond donors (Lipinski definition) is 1. The molecule has 0 aromatic carbocycles. The number of aromatic amines is 1. The summed E-state index contributed by atoms with van der Waals surface area (Å²) in [6, 6.07) is 0. The van der Waals surface area contributed by atoms with Crippen LogP contribution in [0.2, 0.25) is 0 Å². The van der Waals surface area contributed by atoms with E-state index in [-0.39, 0.29) is 25.6 Å². The number of thiocarbonyl (C=S) groups is 1. The Kier molecular flexibility index (Phi) is 7.62. The van der Waals surface area contributed by atoms with Gasteiger partial charge in [-0.15, -0.1) is 6.42 Å². The molecule has 2 rings (SSSR count). The van der Waals surface area contributed by atoms with Crippen LogP contribution in [-0.4, -0.2) is 40.0 Å². The molecule has 1 aliphatic rings. The first kappa shape index (κ1) is 23.1. The Morgan fingerprint density at radius 2 is 2.17 bits per heavy atom. The number of ether oxygens (including phenoxy) is 3. The average molecular weight is 434 g/mol. The summed E-state index contributed by atoms with van der Waals surface area (Å²) in [7, 11) is 0. The molecule has 0 amide bonds. The van der Waals surface area contributed by atoms with E-state index in [1.54, 1.807) is 4.98 Å². The van der Waals surface area contributed by atoms with E-state index in [0.717, 1.165) is 0 Å². The topological polar surface area (TPSA) is 82.6 Å². The molecule has 1 N–H and O–H groups in total. The zero-order valence-corrected chi connectivity index (χ0v) is 16.6. The quantitative estimate of drug-likeness (QED) is 0.524. The van der Waals surface area contributed by atoms with E-state index in [2.05, 4.69) is 5.92 Å². The maximum Gasteiger partial charge on any atom is 0.423 e. The SMILES string of the molecule is C#CCO[C@H]1C[C@H](n2cc(C(F)(F)F)c(=O)[nH]c2=O)O[C@@H]1COC(=S)CC(C)C. The molecule has 0 bridgehead atoms. The molecule has 29 heavy (non-hydrogen) atoms. The van der Waals surface area contributed by atoms with Gasteiger partial charge in [0.1, 0.15) is 31.1 Å². The van der Waals surface area contributed by atoms with E-state index in [0.29, 0.717) is 22.2 Å². The highest BCUT2D eigenvalue weighted by atomic mass is 32.1. The van der Waals surface area contributed by atoms with E-state index in [1.165, 1.54) is 0 Å². The lowest BCUT2D eigenvalue weighted by Crippen LogP contribution is -2.36. The largest absolute Gasteiger partial charge is 0.484 e. The molecule has 1 saturated heterocycles. The number of rotatable bonds is 7. The minimum Gasteiger partial charge on any atom is -0.484 e. The molecule has 2 heterocycles. The van der Waals surface area contributed by atoms with Crippen molar-refractivity contribution in [2.45, 2.75) is 51.3 Å². The summed E-state index contributed by atoms with van der Waals surface area (Å²) in [4.78, 5) is 25.2. The van der Waals surface area contributed by atoms with Crippen LogP contribution in [0.5, 0.6) is 0 Å². The van der Waals surface area contributed by atoms with Gasteiger partial charge in [-0.1, -0.05) is 19.8 Å². The number of nitrogens with one attached hydrogen (secondary N) is 1. The monoisotopic (exact) mass is 434 g/mol. The normalized spacial score (nSPS) is 21.9. The average Bonchev–Trinajstić information content (AvgIpc) is 2.99. The van der Waals surface area contributed by atoms with Crippen molar-refractivity contribution in [1.82, 2.24) is 9.55 Å². The molecule has 1 aromatic heterocycles. The molecule has 1 aromatic rings. The van der Waals surface area contributed by atoms with Crippen LogP contribution >= 0.6 is 12.2 Å². The summed E-state index contributed by atoms with van der Waals surface area (Å²) in [5.74, 6) is 2.59. The molecule has 1 aliphatic heterocycles. The molecular formula is C18H21F3N2O5S. The fourth-order valence-corrected chi connectivity index (χ4v) is 3.22. The van der Waals surface area contributed by atoms with Crippen LogP contribution < -0.4 is 11.2 Å². The molecular weight excluding hydrogens is 413 g/mol. The van der Waals surface area contributed by atoms with Gasteiger partial charge in [0.25, 0.3) is 5.56 Å². The Morgan fingerprint density at radius 1 is 1.48 bits per heavy atom. The molecule has 3 atom stereocenters. The van der Waals surface area contributed by atoms with Crippen LogP contribution in [0.4, 0.5) is 13.2 Å². The lowest BCUT2D eigenvalue weighted by molar-refractivity contribution is -0.139. The maximum absolute atomic E-state index is 13.0. The molecule has 0 unspecified atom stereocenters. The number of aromatic nitrogens is 2. The van der Waals surface area contributed by atoms with Crippen molar-refractivity contribution in [3.05, 3.63) is 32.6 Å². The van der Waals surface area contributed by atoms with E-state index in [9.17, 15) is 22.8 Å². The Labute approximate surface area is 170 Å². The van der Waals surface area contributed by atoms with E-state index >= 15 is 0 Å². The first-order valence-corrected chi connectivity index (χ1v) is 9.22. The second-order valence-electron chi connectivity index (χ2n) is 6.91. The van der Waals surface area contributed by atoms with Crippen molar-refractivity contribution < 1.29 is 27.4 Å². The lowest BCUT2D eigenvalue weighted by Gasteiger charge is -2.19.